The lowest BCUT2D eigenvalue weighted by molar-refractivity contribution is 0.741. The summed E-state index contributed by atoms with van der Waals surface area (Å²) < 4.78 is 1.11. The van der Waals surface area contributed by atoms with Crippen LogP contribution in [0.15, 0.2) is 28.9 Å². The third-order valence-corrected chi connectivity index (χ3v) is 2.91. The van der Waals surface area contributed by atoms with Gasteiger partial charge in [-0.15, -0.1) is 0 Å². The highest BCUT2D eigenvalue weighted by atomic mass is 79.9. The molecule has 3 N–H and O–H groups in total. The topological polar surface area (TPSA) is 41.8 Å². The summed E-state index contributed by atoms with van der Waals surface area (Å²) in [4.78, 5) is 3.21. The molecule has 0 saturated carbocycles. The van der Waals surface area contributed by atoms with Gasteiger partial charge in [0.1, 0.15) is 0 Å². The molecule has 14 heavy (non-hydrogen) atoms. The van der Waals surface area contributed by atoms with Gasteiger partial charge in [-0.05, 0) is 40.9 Å². The maximum absolute atomic E-state index is 5.81. The van der Waals surface area contributed by atoms with Crippen molar-refractivity contribution in [2.24, 2.45) is 5.73 Å². The van der Waals surface area contributed by atoms with Gasteiger partial charge >= 0.3 is 0 Å². The van der Waals surface area contributed by atoms with Crippen molar-refractivity contribution in [3.63, 3.8) is 0 Å². The number of hydrogen-bond donors (Lipinski definition) is 2. The SMILES string of the molecule is CC(N)Cc1cccc2[nH]cc(Br)c12. The number of aromatic nitrogens is 1. The Bertz CT molecular complexity index is 445. The minimum atomic E-state index is 0.197. The van der Waals surface area contributed by atoms with Gasteiger partial charge < -0.3 is 10.7 Å². The molecule has 0 radical (unpaired) electrons. The maximum Gasteiger partial charge on any atom is 0.0468 e. The van der Waals surface area contributed by atoms with Crippen LogP contribution in [0.2, 0.25) is 0 Å². The van der Waals surface area contributed by atoms with Gasteiger partial charge in [0, 0.05) is 27.6 Å². The smallest absolute Gasteiger partial charge is 0.0468 e. The Morgan fingerprint density at radius 2 is 2.29 bits per heavy atom. The normalized spacial score (nSPS) is 13.4. The van der Waals surface area contributed by atoms with E-state index in [0.29, 0.717) is 0 Å². The van der Waals surface area contributed by atoms with Crippen molar-refractivity contribution in [3.8, 4) is 0 Å². The monoisotopic (exact) mass is 252 g/mol. The summed E-state index contributed by atoms with van der Waals surface area (Å²) in [7, 11) is 0. The van der Waals surface area contributed by atoms with Gasteiger partial charge in [-0.25, -0.2) is 0 Å². The number of aromatic amines is 1. The first-order valence-electron chi connectivity index (χ1n) is 4.68. The van der Waals surface area contributed by atoms with Crippen LogP contribution in [0.5, 0.6) is 0 Å². The molecular formula is C11H13BrN2. The Morgan fingerprint density at radius 1 is 1.50 bits per heavy atom. The first kappa shape index (κ1) is 9.74. The molecule has 2 rings (SSSR count). The molecule has 3 heteroatoms. The van der Waals surface area contributed by atoms with Crippen LogP contribution in [0.3, 0.4) is 0 Å². The molecule has 1 aromatic carbocycles. The molecule has 0 spiro atoms. The van der Waals surface area contributed by atoms with Gasteiger partial charge in [-0.1, -0.05) is 12.1 Å². The van der Waals surface area contributed by atoms with Crippen molar-refractivity contribution < 1.29 is 0 Å². The highest BCUT2D eigenvalue weighted by molar-refractivity contribution is 9.10. The van der Waals surface area contributed by atoms with Crippen molar-refractivity contribution >= 4 is 26.8 Å². The van der Waals surface area contributed by atoms with E-state index in [1.165, 1.54) is 10.9 Å². The Labute approximate surface area is 91.6 Å². The number of H-pyrrole nitrogens is 1. The molecule has 0 aliphatic rings. The van der Waals surface area contributed by atoms with Crippen molar-refractivity contribution in [2.45, 2.75) is 19.4 Å². The third kappa shape index (κ3) is 1.70. The average Bonchev–Trinajstić information content (AvgIpc) is 2.48. The predicted molar refractivity (Wildman–Crippen MR) is 63.4 cm³/mol. The molecule has 1 heterocycles. The van der Waals surface area contributed by atoms with E-state index in [2.05, 4.69) is 39.1 Å². The number of halogens is 1. The molecule has 0 bridgehead atoms. The molecule has 0 fully saturated rings. The number of nitrogens with two attached hydrogens (primary N) is 1. The van der Waals surface area contributed by atoms with Crippen LogP contribution in [-0.4, -0.2) is 11.0 Å². The van der Waals surface area contributed by atoms with Crippen LogP contribution in [0.25, 0.3) is 10.9 Å². The zero-order valence-corrected chi connectivity index (χ0v) is 9.64. The Kier molecular flexibility index (Phi) is 2.61. The van der Waals surface area contributed by atoms with Crippen LogP contribution in [0, 0.1) is 0 Å². The molecular weight excluding hydrogens is 240 g/mol. The summed E-state index contributed by atoms with van der Waals surface area (Å²) in [5, 5.41) is 1.25. The zero-order chi connectivity index (χ0) is 10.1. The number of fused-ring (bicyclic) bond motifs is 1. The molecule has 0 saturated heterocycles. The van der Waals surface area contributed by atoms with Gasteiger partial charge in [0.05, 0.1) is 0 Å². The quantitative estimate of drug-likeness (QED) is 0.849. The summed E-state index contributed by atoms with van der Waals surface area (Å²) in [5.41, 5.74) is 8.27. The molecule has 74 valence electrons. The standard InChI is InChI=1S/C11H13BrN2/c1-7(13)5-8-3-2-4-10-11(8)9(12)6-14-10/h2-4,6-7,14H,5,13H2,1H3. The lowest BCUT2D eigenvalue weighted by atomic mass is 10.0. The number of hydrogen-bond acceptors (Lipinski definition) is 1. The fraction of sp³-hybridized carbons (Fsp3) is 0.273. The van der Waals surface area contributed by atoms with E-state index >= 15 is 0 Å². The maximum atomic E-state index is 5.81. The molecule has 2 aromatic rings. The fourth-order valence-electron chi connectivity index (χ4n) is 1.73. The van der Waals surface area contributed by atoms with E-state index in [0.717, 1.165) is 16.4 Å². The number of benzene rings is 1. The summed E-state index contributed by atoms with van der Waals surface area (Å²) >= 11 is 3.54. The molecule has 0 amide bonds. The average molecular weight is 253 g/mol. The minimum Gasteiger partial charge on any atom is -0.360 e. The van der Waals surface area contributed by atoms with Crippen LogP contribution in [0.1, 0.15) is 12.5 Å². The Balaban J connectivity index is 2.57. The summed E-state index contributed by atoms with van der Waals surface area (Å²) in [6.45, 7) is 2.03. The van der Waals surface area contributed by atoms with Gasteiger partial charge in [0.2, 0.25) is 0 Å². The Morgan fingerprint density at radius 3 is 3.00 bits per heavy atom. The van der Waals surface area contributed by atoms with Crippen LogP contribution >= 0.6 is 15.9 Å². The van der Waals surface area contributed by atoms with E-state index in [4.69, 9.17) is 5.73 Å². The van der Waals surface area contributed by atoms with Crippen molar-refractivity contribution in [2.75, 3.05) is 0 Å². The van der Waals surface area contributed by atoms with E-state index in [1.54, 1.807) is 0 Å². The van der Waals surface area contributed by atoms with Gasteiger partial charge in [0.15, 0.2) is 0 Å². The second-order valence-electron chi connectivity index (χ2n) is 3.66. The first-order valence-corrected chi connectivity index (χ1v) is 5.48. The highest BCUT2D eigenvalue weighted by Gasteiger charge is 2.07. The van der Waals surface area contributed by atoms with Gasteiger partial charge in [-0.2, -0.15) is 0 Å². The van der Waals surface area contributed by atoms with Crippen LogP contribution in [0.4, 0.5) is 0 Å². The van der Waals surface area contributed by atoms with E-state index in [9.17, 15) is 0 Å². The second kappa shape index (κ2) is 3.75. The fourth-order valence-corrected chi connectivity index (χ4v) is 2.32. The third-order valence-electron chi connectivity index (χ3n) is 2.29. The number of nitrogens with one attached hydrogen (secondary N) is 1. The van der Waals surface area contributed by atoms with Crippen molar-refractivity contribution in [1.29, 1.82) is 0 Å². The molecule has 0 aliphatic heterocycles. The first-order chi connectivity index (χ1) is 6.68. The number of rotatable bonds is 2. The Hall–Kier alpha value is -0.800. The molecule has 1 aromatic heterocycles. The summed E-state index contributed by atoms with van der Waals surface area (Å²) in [6.07, 6.45) is 2.88. The highest BCUT2D eigenvalue weighted by Crippen LogP contribution is 2.27. The zero-order valence-electron chi connectivity index (χ0n) is 8.05. The lowest BCUT2D eigenvalue weighted by Crippen LogP contribution is -2.17. The van der Waals surface area contributed by atoms with Crippen LogP contribution in [-0.2, 0) is 6.42 Å². The second-order valence-corrected chi connectivity index (χ2v) is 4.51. The largest absolute Gasteiger partial charge is 0.360 e. The predicted octanol–water partition coefficient (Wildman–Crippen LogP) is 2.82. The van der Waals surface area contributed by atoms with Crippen LogP contribution < -0.4 is 5.73 Å². The minimum absolute atomic E-state index is 0.197. The van der Waals surface area contributed by atoms with Crippen molar-refractivity contribution in [1.82, 2.24) is 4.98 Å². The van der Waals surface area contributed by atoms with Gasteiger partial charge in [-0.3, -0.25) is 0 Å². The summed E-state index contributed by atoms with van der Waals surface area (Å²) in [5.74, 6) is 0. The molecule has 2 nitrogen and oxygen atoms in total. The van der Waals surface area contributed by atoms with E-state index in [-0.39, 0.29) is 6.04 Å². The van der Waals surface area contributed by atoms with E-state index in [1.807, 2.05) is 13.1 Å². The summed E-state index contributed by atoms with van der Waals surface area (Å²) in [6, 6.07) is 6.46. The molecule has 1 atom stereocenters. The molecule has 1 unspecified atom stereocenters. The van der Waals surface area contributed by atoms with E-state index < -0.39 is 0 Å². The lowest BCUT2D eigenvalue weighted by Gasteiger charge is -2.06. The molecule has 0 aliphatic carbocycles. The van der Waals surface area contributed by atoms with Gasteiger partial charge in [0.25, 0.3) is 0 Å². The van der Waals surface area contributed by atoms with Crippen molar-refractivity contribution in [3.05, 3.63) is 34.4 Å².